The van der Waals surface area contributed by atoms with Crippen LogP contribution in [0.2, 0.25) is 0 Å². The Bertz CT molecular complexity index is 1020. The topological polar surface area (TPSA) is 69.7 Å². The summed E-state index contributed by atoms with van der Waals surface area (Å²) in [5.74, 6) is -0.390. The van der Waals surface area contributed by atoms with Crippen LogP contribution in [0.15, 0.2) is 59.5 Å². The van der Waals surface area contributed by atoms with Crippen LogP contribution in [0.4, 0.5) is 0 Å². The van der Waals surface area contributed by atoms with E-state index in [1.807, 2.05) is 6.07 Å². The van der Waals surface area contributed by atoms with Gasteiger partial charge in [-0.1, -0.05) is 55.3 Å². The molecule has 178 valence electrons. The van der Waals surface area contributed by atoms with E-state index in [-0.39, 0.29) is 23.3 Å². The number of likely N-dealkylation sites (tertiary alicyclic amines) is 1. The van der Waals surface area contributed by atoms with Crippen molar-refractivity contribution in [1.82, 2.24) is 14.5 Å². The van der Waals surface area contributed by atoms with Crippen molar-refractivity contribution in [3.05, 3.63) is 65.7 Å². The number of carbonyl (C=O) groups excluding carboxylic acids is 1. The van der Waals surface area contributed by atoms with Crippen molar-refractivity contribution in [3.8, 4) is 0 Å². The number of nitrogens with one attached hydrogen (secondary N) is 1. The Labute approximate surface area is 198 Å². The quantitative estimate of drug-likeness (QED) is 0.670. The minimum absolute atomic E-state index is 0.0686. The van der Waals surface area contributed by atoms with Crippen LogP contribution in [-0.4, -0.2) is 49.7 Å². The Kier molecular flexibility index (Phi) is 8.17. The average molecular weight is 470 g/mol. The predicted octanol–water partition coefficient (Wildman–Crippen LogP) is 3.78. The van der Waals surface area contributed by atoms with Gasteiger partial charge in [-0.15, -0.1) is 0 Å². The summed E-state index contributed by atoms with van der Waals surface area (Å²) in [4.78, 5) is 15.7. The number of carbonyl (C=O) groups is 1. The molecule has 2 aliphatic heterocycles. The molecule has 2 saturated heterocycles. The SMILES string of the molecule is O=C(NCc1cccc(CN2CCCCCC2)c1)C1CCCN(S(=O)(=O)c2ccccc2)C1. The fourth-order valence-electron chi connectivity index (χ4n) is 4.84. The highest BCUT2D eigenvalue weighted by molar-refractivity contribution is 7.89. The summed E-state index contributed by atoms with van der Waals surface area (Å²) in [7, 11) is -3.57. The number of amides is 1. The van der Waals surface area contributed by atoms with Crippen LogP contribution in [0.3, 0.4) is 0 Å². The molecule has 1 amide bonds. The van der Waals surface area contributed by atoms with E-state index in [2.05, 4.69) is 28.4 Å². The molecule has 0 aliphatic carbocycles. The number of hydrogen-bond donors (Lipinski definition) is 1. The molecule has 0 spiro atoms. The Balaban J connectivity index is 1.32. The molecule has 1 N–H and O–H groups in total. The highest BCUT2D eigenvalue weighted by atomic mass is 32.2. The molecule has 2 fully saturated rings. The van der Waals surface area contributed by atoms with Crippen LogP contribution in [0.1, 0.15) is 49.7 Å². The van der Waals surface area contributed by atoms with Gasteiger partial charge in [-0.25, -0.2) is 8.42 Å². The highest BCUT2D eigenvalue weighted by Gasteiger charge is 2.33. The second-order valence-electron chi connectivity index (χ2n) is 9.24. The second kappa shape index (κ2) is 11.3. The second-order valence-corrected chi connectivity index (χ2v) is 11.2. The average Bonchev–Trinajstić information content (AvgIpc) is 3.12. The van der Waals surface area contributed by atoms with E-state index >= 15 is 0 Å². The van der Waals surface area contributed by atoms with Gasteiger partial charge >= 0.3 is 0 Å². The molecular formula is C26H35N3O3S. The zero-order valence-electron chi connectivity index (χ0n) is 19.3. The molecule has 1 atom stereocenters. The van der Waals surface area contributed by atoms with Gasteiger partial charge in [0, 0.05) is 26.2 Å². The Hall–Kier alpha value is -2.22. The third-order valence-electron chi connectivity index (χ3n) is 6.70. The third kappa shape index (κ3) is 6.43. The van der Waals surface area contributed by atoms with Gasteiger partial charge in [0.2, 0.25) is 15.9 Å². The monoisotopic (exact) mass is 469 g/mol. The molecular weight excluding hydrogens is 434 g/mol. The number of rotatable bonds is 7. The maximum absolute atomic E-state index is 12.9. The van der Waals surface area contributed by atoms with Gasteiger partial charge in [-0.2, -0.15) is 4.31 Å². The van der Waals surface area contributed by atoms with E-state index in [0.717, 1.165) is 25.2 Å². The molecule has 33 heavy (non-hydrogen) atoms. The summed E-state index contributed by atoms with van der Waals surface area (Å²) in [6.07, 6.45) is 6.60. The van der Waals surface area contributed by atoms with E-state index in [0.29, 0.717) is 25.9 Å². The zero-order chi connectivity index (χ0) is 23.1. The Morgan fingerprint density at radius 2 is 1.61 bits per heavy atom. The van der Waals surface area contributed by atoms with Gasteiger partial charge in [-0.05, 0) is 62.0 Å². The number of hydrogen-bond acceptors (Lipinski definition) is 4. The van der Waals surface area contributed by atoms with Gasteiger partial charge in [0.1, 0.15) is 0 Å². The first-order valence-electron chi connectivity index (χ1n) is 12.2. The predicted molar refractivity (Wildman–Crippen MR) is 130 cm³/mol. The summed E-state index contributed by atoms with van der Waals surface area (Å²) in [6.45, 7) is 4.43. The molecule has 2 heterocycles. The highest BCUT2D eigenvalue weighted by Crippen LogP contribution is 2.24. The van der Waals surface area contributed by atoms with E-state index in [1.165, 1.54) is 35.6 Å². The summed E-state index contributed by atoms with van der Waals surface area (Å²) in [6, 6.07) is 16.9. The standard InChI is InChI=1S/C26H35N3O3S/c30-26(24-12-9-17-29(21-24)33(31,32)25-13-4-3-5-14-25)27-19-22-10-8-11-23(18-22)20-28-15-6-1-2-7-16-28/h3-5,8,10-11,13-14,18,24H,1-2,6-7,9,12,15-17,19-21H2,(H,27,30). The van der Waals surface area contributed by atoms with Crippen molar-refractivity contribution in [2.45, 2.75) is 56.5 Å². The van der Waals surface area contributed by atoms with Crippen molar-refractivity contribution in [2.24, 2.45) is 5.92 Å². The van der Waals surface area contributed by atoms with Crippen LogP contribution >= 0.6 is 0 Å². The summed E-state index contributed by atoms with van der Waals surface area (Å²) in [5, 5.41) is 3.05. The van der Waals surface area contributed by atoms with Crippen LogP contribution in [0, 0.1) is 5.92 Å². The lowest BCUT2D eigenvalue weighted by molar-refractivity contribution is -0.126. The zero-order valence-corrected chi connectivity index (χ0v) is 20.1. The van der Waals surface area contributed by atoms with E-state index in [1.54, 1.807) is 30.3 Å². The molecule has 6 nitrogen and oxygen atoms in total. The number of piperidine rings is 1. The van der Waals surface area contributed by atoms with Crippen molar-refractivity contribution < 1.29 is 13.2 Å². The van der Waals surface area contributed by atoms with Crippen LogP contribution < -0.4 is 5.32 Å². The maximum atomic E-state index is 12.9. The van der Waals surface area contributed by atoms with Gasteiger partial charge < -0.3 is 5.32 Å². The van der Waals surface area contributed by atoms with Crippen molar-refractivity contribution in [3.63, 3.8) is 0 Å². The molecule has 0 bridgehead atoms. The lowest BCUT2D eigenvalue weighted by atomic mass is 9.98. The number of nitrogens with zero attached hydrogens (tertiary/aromatic N) is 2. The number of benzene rings is 2. The molecule has 0 radical (unpaired) electrons. The lowest BCUT2D eigenvalue weighted by Gasteiger charge is -2.31. The molecule has 2 aliphatic rings. The molecule has 4 rings (SSSR count). The van der Waals surface area contributed by atoms with Gasteiger partial charge in [-0.3, -0.25) is 9.69 Å². The van der Waals surface area contributed by atoms with Crippen LogP contribution in [-0.2, 0) is 27.9 Å². The maximum Gasteiger partial charge on any atom is 0.243 e. The Morgan fingerprint density at radius 1 is 0.879 bits per heavy atom. The molecule has 0 aromatic heterocycles. The first kappa shape index (κ1) is 23.9. The van der Waals surface area contributed by atoms with E-state index in [4.69, 9.17) is 0 Å². The molecule has 0 saturated carbocycles. The first-order valence-corrected chi connectivity index (χ1v) is 13.6. The first-order chi connectivity index (χ1) is 16.0. The Morgan fingerprint density at radius 3 is 2.36 bits per heavy atom. The van der Waals surface area contributed by atoms with Crippen molar-refractivity contribution >= 4 is 15.9 Å². The minimum atomic E-state index is -3.57. The van der Waals surface area contributed by atoms with Crippen LogP contribution in [0.5, 0.6) is 0 Å². The smallest absolute Gasteiger partial charge is 0.243 e. The van der Waals surface area contributed by atoms with Gasteiger partial charge in [0.15, 0.2) is 0 Å². The van der Waals surface area contributed by atoms with Gasteiger partial charge in [0.25, 0.3) is 0 Å². The van der Waals surface area contributed by atoms with Crippen molar-refractivity contribution in [1.29, 1.82) is 0 Å². The van der Waals surface area contributed by atoms with E-state index < -0.39 is 10.0 Å². The van der Waals surface area contributed by atoms with Crippen molar-refractivity contribution in [2.75, 3.05) is 26.2 Å². The number of sulfonamides is 1. The van der Waals surface area contributed by atoms with Gasteiger partial charge in [0.05, 0.1) is 10.8 Å². The van der Waals surface area contributed by atoms with E-state index in [9.17, 15) is 13.2 Å². The normalized spacial score (nSPS) is 20.8. The fraction of sp³-hybridized carbons (Fsp3) is 0.500. The van der Waals surface area contributed by atoms with Crippen LogP contribution in [0.25, 0.3) is 0 Å². The largest absolute Gasteiger partial charge is 0.352 e. The molecule has 2 aromatic rings. The third-order valence-corrected chi connectivity index (χ3v) is 8.58. The molecule has 1 unspecified atom stereocenters. The molecule has 7 heteroatoms. The lowest BCUT2D eigenvalue weighted by Crippen LogP contribution is -2.45. The fourth-order valence-corrected chi connectivity index (χ4v) is 6.39. The summed E-state index contributed by atoms with van der Waals surface area (Å²) < 4.78 is 27.4. The summed E-state index contributed by atoms with van der Waals surface area (Å²) >= 11 is 0. The molecule has 2 aromatic carbocycles. The summed E-state index contributed by atoms with van der Waals surface area (Å²) in [5.41, 5.74) is 2.36. The minimum Gasteiger partial charge on any atom is -0.352 e.